The standard InChI is InChI=1S/C18H25N5O2/c1-3-5-16(25)19-9-11-23-18-15(6-4-8-20-18)17(21-23)14-7-10-22(12-14)13(2)24/h4,6,8,14H,3,5,7,9-12H2,1-2H3,(H,19,25)/t14-/m0/s1. The fraction of sp³-hybridized carbons (Fsp3) is 0.556. The van der Waals surface area contributed by atoms with Gasteiger partial charge in [0, 0.05) is 50.5 Å². The highest BCUT2D eigenvalue weighted by Crippen LogP contribution is 2.31. The summed E-state index contributed by atoms with van der Waals surface area (Å²) >= 11 is 0. The molecule has 1 aliphatic rings. The molecule has 0 saturated carbocycles. The average molecular weight is 343 g/mol. The van der Waals surface area contributed by atoms with Gasteiger partial charge in [-0.3, -0.25) is 9.59 Å². The van der Waals surface area contributed by atoms with E-state index in [9.17, 15) is 9.59 Å². The molecule has 2 aromatic rings. The largest absolute Gasteiger partial charge is 0.354 e. The Labute approximate surface area is 147 Å². The molecule has 0 aliphatic carbocycles. The number of carbonyl (C=O) groups is 2. The van der Waals surface area contributed by atoms with Crippen LogP contribution >= 0.6 is 0 Å². The highest BCUT2D eigenvalue weighted by molar-refractivity contribution is 5.79. The van der Waals surface area contributed by atoms with Crippen LogP contribution in [0.25, 0.3) is 11.0 Å². The number of amides is 2. The third-order valence-electron chi connectivity index (χ3n) is 4.68. The van der Waals surface area contributed by atoms with Gasteiger partial charge in [0.25, 0.3) is 0 Å². The first-order chi connectivity index (χ1) is 12.1. The van der Waals surface area contributed by atoms with E-state index in [2.05, 4.69) is 10.3 Å². The normalized spacial score (nSPS) is 17.2. The average Bonchev–Trinajstić information content (AvgIpc) is 3.20. The number of carbonyl (C=O) groups excluding carboxylic acids is 2. The molecule has 7 heteroatoms. The SMILES string of the molecule is CCCC(=O)NCCn1nc([C@H]2CCN(C(C)=O)C2)c2cccnc21. The number of aromatic nitrogens is 3. The lowest BCUT2D eigenvalue weighted by Gasteiger charge is -2.12. The molecular formula is C18H25N5O2. The van der Waals surface area contributed by atoms with Crippen LogP contribution in [0.15, 0.2) is 18.3 Å². The van der Waals surface area contributed by atoms with Gasteiger partial charge in [0.2, 0.25) is 11.8 Å². The zero-order valence-electron chi connectivity index (χ0n) is 14.9. The van der Waals surface area contributed by atoms with Gasteiger partial charge in [-0.25, -0.2) is 9.67 Å². The highest BCUT2D eigenvalue weighted by Gasteiger charge is 2.29. The Hall–Kier alpha value is -2.44. The maximum atomic E-state index is 11.6. The summed E-state index contributed by atoms with van der Waals surface area (Å²) in [7, 11) is 0. The molecule has 7 nitrogen and oxygen atoms in total. The van der Waals surface area contributed by atoms with Crippen molar-refractivity contribution >= 4 is 22.8 Å². The first-order valence-corrected chi connectivity index (χ1v) is 8.93. The molecule has 134 valence electrons. The molecule has 2 amide bonds. The van der Waals surface area contributed by atoms with Gasteiger partial charge < -0.3 is 10.2 Å². The number of fused-ring (bicyclic) bond motifs is 1. The Bertz CT molecular complexity index is 770. The van der Waals surface area contributed by atoms with Crippen molar-refractivity contribution in [1.82, 2.24) is 25.0 Å². The number of nitrogens with zero attached hydrogens (tertiary/aromatic N) is 4. The van der Waals surface area contributed by atoms with Crippen LogP contribution < -0.4 is 5.32 Å². The summed E-state index contributed by atoms with van der Waals surface area (Å²) in [5.74, 6) is 0.426. The van der Waals surface area contributed by atoms with Crippen LogP contribution in [-0.2, 0) is 16.1 Å². The number of pyridine rings is 1. The van der Waals surface area contributed by atoms with Crippen LogP contribution in [-0.4, -0.2) is 51.1 Å². The van der Waals surface area contributed by atoms with Gasteiger partial charge in [-0.1, -0.05) is 6.92 Å². The quantitative estimate of drug-likeness (QED) is 0.865. The Balaban J connectivity index is 1.77. The lowest BCUT2D eigenvalue weighted by molar-refractivity contribution is -0.127. The van der Waals surface area contributed by atoms with Crippen LogP contribution in [0.5, 0.6) is 0 Å². The van der Waals surface area contributed by atoms with Crippen molar-refractivity contribution in [3.8, 4) is 0 Å². The molecule has 25 heavy (non-hydrogen) atoms. The van der Waals surface area contributed by atoms with Gasteiger partial charge >= 0.3 is 0 Å². The monoisotopic (exact) mass is 343 g/mol. The predicted octanol–water partition coefficient (Wildman–Crippen LogP) is 1.68. The van der Waals surface area contributed by atoms with Crippen molar-refractivity contribution in [3.63, 3.8) is 0 Å². The van der Waals surface area contributed by atoms with Gasteiger partial charge in [-0.15, -0.1) is 0 Å². The second-order valence-corrected chi connectivity index (χ2v) is 6.53. The molecule has 0 unspecified atom stereocenters. The predicted molar refractivity (Wildman–Crippen MR) is 95.1 cm³/mol. The third-order valence-corrected chi connectivity index (χ3v) is 4.68. The van der Waals surface area contributed by atoms with E-state index in [0.717, 1.165) is 36.1 Å². The molecule has 1 saturated heterocycles. The van der Waals surface area contributed by atoms with Crippen molar-refractivity contribution < 1.29 is 9.59 Å². The number of rotatable bonds is 6. The van der Waals surface area contributed by atoms with Crippen LogP contribution in [0.4, 0.5) is 0 Å². The molecule has 0 aromatic carbocycles. The van der Waals surface area contributed by atoms with Crippen LogP contribution in [0, 0.1) is 0 Å². The van der Waals surface area contributed by atoms with E-state index in [-0.39, 0.29) is 17.7 Å². The van der Waals surface area contributed by atoms with E-state index >= 15 is 0 Å². The Morgan fingerprint density at radius 1 is 1.40 bits per heavy atom. The molecule has 1 N–H and O–H groups in total. The van der Waals surface area contributed by atoms with E-state index in [1.54, 1.807) is 13.1 Å². The van der Waals surface area contributed by atoms with E-state index in [4.69, 9.17) is 5.10 Å². The minimum atomic E-state index is 0.0695. The Kier molecular flexibility index (Phi) is 5.31. The lowest BCUT2D eigenvalue weighted by Crippen LogP contribution is -2.27. The van der Waals surface area contributed by atoms with E-state index < -0.39 is 0 Å². The summed E-state index contributed by atoms with van der Waals surface area (Å²) < 4.78 is 1.87. The Morgan fingerprint density at radius 3 is 2.96 bits per heavy atom. The molecule has 1 aliphatic heterocycles. The number of nitrogens with one attached hydrogen (secondary N) is 1. The van der Waals surface area contributed by atoms with Gasteiger partial charge in [0.1, 0.15) is 0 Å². The first-order valence-electron chi connectivity index (χ1n) is 8.93. The molecular weight excluding hydrogens is 318 g/mol. The van der Waals surface area contributed by atoms with E-state index in [0.29, 0.717) is 26.1 Å². The lowest BCUT2D eigenvalue weighted by atomic mass is 10.0. The maximum Gasteiger partial charge on any atom is 0.220 e. The van der Waals surface area contributed by atoms with Crippen molar-refractivity contribution in [2.75, 3.05) is 19.6 Å². The molecule has 0 radical (unpaired) electrons. The second kappa shape index (κ2) is 7.63. The van der Waals surface area contributed by atoms with Crippen LogP contribution in [0.3, 0.4) is 0 Å². The summed E-state index contributed by atoms with van der Waals surface area (Å²) in [6.07, 6.45) is 4.08. The minimum Gasteiger partial charge on any atom is -0.354 e. The smallest absolute Gasteiger partial charge is 0.220 e. The summed E-state index contributed by atoms with van der Waals surface area (Å²) in [4.78, 5) is 29.6. The summed E-state index contributed by atoms with van der Waals surface area (Å²) in [6.45, 7) is 6.22. The molecule has 3 heterocycles. The fourth-order valence-corrected chi connectivity index (χ4v) is 3.38. The maximum absolute atomic E-state index is 11.6. The van der Waals surface area contributed by atoms with E-state index in [1.807, 2.05) is 28.6 Å². The van der Waals surface area contributed by atoms with Crippen molar-refractivity contribution in [2.24, 2.45) is 0 Å². The zero-order valence-corrected chi connectivity index (χ0v) is 14.9. The van der Waals surface area contributed by atoms with Crippen molar-refractivity contribution in [1.29, 1.82) is 0 Å². The third kappa shape index (κ3) is 3.81. The molecule has 1 fully saturated rings. The number of hydrogen-bond donors (Lipinski definition) is 1. The highest BCUT2D eigenvalue weighted by atomic mass is 16.2. The summed E-state index contributed by atoms with van der Waals surface area (Å²) in [5.41, 5.74) is 1.84. The van der Waals surface area contributed by atoms with Crippen molar-refractivity contribution in [2.45, 2.75) is 45.6 Å². The zero-order chi connectivity index (χ0) is 17.8. The van der Waals surface area contributed by atoms with Gasteiger partial charge in [-0.05, 0) is 25.0 Å². The number of hydrogen-bond acceptors (Lipinski definition) is 4. The Morgan fingerprint density at radius 2 is 2.24 bits per heavy atom. The summed E-state index contributed by atoms with van der Waals surface area (Å²) in [6, 6.07) is 3.95. The second-order valence-electron chi connectivity index (χ2n) is 6.53. The topological polar surface area (TPSA) is 80.1 Å². The van der Waals surface area contributed by atoms with Crippen LogP contribution in [0.1, 0.15) is 44.7 Å². The van der Waals surface area contributed by atoms with Gasteiger partial charge in [0.15, 0.2) is 5.65 Å². The molecule has 0 spiro atoms. The minimum absolute atomic E-state index is 0.0695. The van der Waals surface area contributed by atoms with Crippen LogP contribution in [0.2, 0.25) is 0 Å². The molecule has 3 rings (SSSR count). The fourth-order valence-electron chi connectivity index (χ4n) is 3.38. The van der Waals surface area contributed by atoms with E-state index in [1.165, 1.54) is 0 Å². The summed E-state index contributed by atoms with van der Waals surface area (Å²) in [5, 5.41) is 8.73. The number of likely N-dealkylation sites (tertiary alicyclic amines) is 1. The van der Waals surface area contributed by atoms with Gasteiger partial charge in [-0.2, -0.15) is 5.10 Å². The van der Waals surface area contributed by atoms with Crippen molar-refractivity contribution in [3.05, 3.63) is 24.0 Å². The molecule has 0 bridgehead atoms. The first kappa shape index (κ1) is 17.4. The molecule has 2 aromatic heterocycles. The molecule has 1 atom stereocenters. The van der Waals surface area contributed by atoms with Gasteiger partial charge in [0.05, 0.1) is 12.2 Å².